The Morgan fingerprint density at radius 3 is 2.72 bits per heavy atom. The highest BCUT2D eigenvalue weighted by Gasteiger charge is 2.05. The number of aromatic amines is 1. The van der Waals surface area contributed by atoms with Crippen LogP contribution in [0.25, 0.3) is 10.9 Å². The molecule has 2 aromatic carbocycles. The number of H-pyrrole nitrogens is 1. The second-order valence-electron chi connectivity index (χ2n) is 5.58. The van der Waals surface area contributed by atoms with E-state index < -0.39 is 0 Å². The van der Waals surface area contributed by atoms with Crippen LogP contribution >= 0.6 is 0 Å². The van der Waals surface area contributed by atoms with E-state index in [-0.39, 0.29) is 12.5 Å². The highest BCUT2D eigenvalue weighted by atomic mass is 16.5. The average Bonchev–Trinajstić information content (AvgIpc) is 2.96. The van der Waals surface area contributed by atoms with Crippen molar-refractivity contribution in [3.05, 3.63) is 59.8 Å². The van der Waals surface area contributed by atoms with Crippen molar-refractivity contribution in [2.45, 2.75) is 6.92 Å². The molecule has 0 aliphatic carbocycles. The van der Waals surface area contributed by atoms with Crippen molar-refractivity contribution in [1.82, 2.24) is 10.4 Å². The maximum Gasteiger partial charge on any atom is 0.259 e. The molecule has 25 heavy (non-hydrogen) atoms. The third kappa shape index (κ3) is 3.98. The predicted molar refractivity (Wildman–Crippen MR) is 100 cm³/mol. The molecule has 0 aliphatic heterocycles. The summed E-state index contributed by atoms with van der Waals surface area (Å²) in [6.07, 6.45) is 1.67. The van der Waals surface area contributed by atoms with Crippen LogP contribution in [0.5, 0.6) is 5.75 Å². The van der Waals surface area contributed by atoms with Gasteiger partial charge in [-0.3, -0.25) is 4.79 Å². The molecular weight excluding hydrogens is 316 g/mol. The SMILES string of the molecule is COc1ccc(NCC(=O)N/N=C/c2c(C)[nH]c3ccccc23)cc1. The summed E-state index contributed by atoms with van der Waals surface area (Å²) in [7, 11) is 1.61. The van der Waals surface area contributed by atoms with E-state index >= 15 is 0 Å². The normalized spacial score (nSPS) is 11.0. The molecular formula is C19H20N4O2. The number of para-hydroxylation sites is 1. The van der Waals surface area contributed by atoms with Gasteiger partial charge in [0.1, 0.15) is 5.75 Å². The Balaban J connectivity index is 1.56. The number of anilines is 1. The van der Waals surface area contributed by atoms with Crippen LogP contribution in [-0.2, 0) is 4.79 Å². The number of amides is 1. The average molecular weight is 336 g/mol. The van der Waals surface area contributed by atoms with E-state index in [1.165, 1.54) is 0 Å². The Labute approximate surface area is 145 Å². The molecule has 6 nitrogen and oxygen atoms in total. The first kappa shape index (κ1) is 16.6. The molecule has 0 saturated carbocycles. The van der Waals surface area contributed by atoms with Crippen molar-refractivity contribution < 1.29 is 9.53 Å². The van der Waals surface area contributed by atoms with Gasteiger partial charge < -0.3 is 15.0 Å². The molecule has 0 atom stereocenters. The van der Waals surface area contributed by atoms with E-state index in [9.17, 15) is 4.79 Å². The summed E-state index contributed by atoms with van der Waals surface area (Å²) in [4.78, 5) is 15.2. The first-order valence-electron chi connectivity index (χ1n) is 7.94. The first-order chi connectivity index (χ1) is 12.2. The van der Waals surface area contributed by atoms with Gasteiger partial charge in [0.15, 0.2) is 0 Å². The topological polar surface area (TPSA) is 78.5 Å². The number of fused-ring (bicyclic) bond motifs is 1. The zero-order valence-corrected chi connectivity index (χ0v) is 14.2. The second-order valence-corrected chi connectivity index (χ2v) is 5.58. The predicted octanol–water partition coefficient (Wildman–Crippen LogP) is 3.05. The lowest BCUT2D eigenvalue weighted by atomic mass is 10.1. The summed E-state index contributed by atoms with van der Waals surface area (Å²) in [6, 6.07) is 15.4. The number of benzene rings is 2. The smallest absolute Gasteiger partial charge is 0.259 e. The van der Waals surface area contributed by atoms with Crippen molar-refractivity contribution in [2.75, 3.05) is 19.0 Å². The fraction of sp³-hybridized carbons (Fsp3) is 0.158. The minimum Gasteiger partial charge on any atom is -0.497 e. The molecule has 0 radical (unpaired) electrons. The highest BCUT2D eigenvalue weighted by molar-refractivity contribution is 6.00. The third-order valence-corrected chi connectivity index (χ3v) is 3.87. The van der Waals surface area contributed by atoms with E-state index in [0.717, 1.165) is 33.6 Å². The van der Waals surface area contributed by atoms with Crippen molar-refractivity contribution in [3.63, 3.8) is 0 Å². The van der Waals surface area contributed by atoms with Crippen LogP contribution in [-0.4, -0.2) is 30.8 Å². The number of hydrazone groups is 1. The number of carbonyl (C=O) groups excluding carboxylic acids is 1. The van der Waals surface area contributed by atoms with Gasteiger partial charge in [-0.15, -0.1) is 0 Å². The molecule has 1 amide bonds. The summed E-state index contributed by atoms with van der Waals surface area (Å²) in [5.74, 6) is 0.554. The quantitative estimate of drug-likeness (QED) is 0.478. The number of hydrogen-bond acceptors (Lipinski definition) is 4. The zero-order valence-electron chi connectivity index (χ0n) is 14.2. The van der Waals surface area contributed by atoms with E-state index in [2.05, 4.69) is 20.8 Å². The van der Waals surface area contributed by atoms with Crippen LogP contribution in [0.3, 0.4) is 0 Å². The number of aromatic nitrogens is 1. The summed E-state index contributed by atoms with van der Waals surface area (Å²) >= 11 is 0. The minimum atomic E-state index is -0.218. The Hall–Kier alpha value is -3.28. The Morgan fingerprint density at radius 2 is 1.96 bits per heavy atom. The van der Waals surface area contributed by atoms with Crippen LogP contribution in [0, 0.1) is 6.92 Å². The van der Waals surface area contributed by atoms with Gasteiger partial charge in [0.2, 0.25) is 0 Å². The van der Waals surface area contributed by atoms with E-state index in [1.807, 2.05) is 55.5 Å². The van der Waals surface area contributed by atoms with Crippen LogP contribution in [0.4, 0.5) is 5.69 Å². The Morgan fingerprint density at radius 1 is 1.20 bits per heavy atom. The number of rotatable bonds is 6. The fourth-order valence-corrected chi connectivity index (χ4v) is 2.56. The molecule has 0 aliphatic rings. The van der Waals surface area contributed by atoms with Crippen LogP contribution < -0.4 is 15.5 Å². The molecule has 128 valence electrons. The molecule has 1 heterocycles. The largest absolute Gasteiger partial charge is 0.497 e. The van der Waals surface area contributed by atoms with Crippen LogP contribution in [0.15, 0.2) is 53.6 Å². The van der Waals surface area contributed by atoms with Gasteiger partial charge >= 0.3 is 0 Å². The van der Waals surface area contributed by atoms with E-state index in [1.54, 1.807) is 13.3 Å². The number of carbonyl (C=O) groups is 1. The molecule has 0 spiro atoms. The highest BCUT2D eigenvalue weighted by Crippen LogP contribution is 2.19. The van der Waals surface area contributed by atoms with Gasteiger partial charge in [-0.05, 0) is 37.3 Å². The van der Waals surface area contributed by atoms with Gasteiger partial charge in [-0.25, -0.2) is 5.43 Å². The summed E-state index contributed by atoms with van der Waals surface area (Å²) < 4.78 is 5.09. The van der Waals surface area contributed by atoms with Crippen molar-refractivity contribution in [2.24, 2.45) is 5.10 Å². The lowest BCUT2D eigenvalue weighted by Gasteiger charge is -2.06. The number of aryl methyl sites for hydroxylation is 1. The van der Waals surface area contributed by atoms with E-state index in [0.29, 0.717) is 0 Å². The third-order valence-electron chi connectivity index (χ3n) is 3.87. The molecule has 0 fully saturated rings. The number of methoxy groups -OCH3 is 1. The Kier molecular flexibility index (Phi) is 4.99. The number of nitrogens with zero attached hydrogens (tertiary/aromatic N) is 1. The van der Waals surface area contributed by atoms with Gasteiger partial charge in [0, 0.05) is 27.8 Å². The molecule has 3 N–H and O–H groups in total. The monoisotopic (exact) mass is 336 g/mol. The van der Waals surface area contributed by atoms with Crippen LogP contribution in [0.1, 0.15) is 11.3 Å². The van der Waals surface area contributed by atoms with Gasteiger partial charge in [0.05, 0.1) is 19.9 Å². The van der Waals surface area contributed by atoms with Crippen molar-refractivity contribution in [3.8, 4) is 5.75 Å². The molecule has 3 rings (SSSR count). The number of hydrogen-bond donors (Lipinski definition) is 3. The fourth-order valence-electron chi connectivity index (χ4n) is 2.56. The van der Waals surface area contributed by atoms with Gasteiger partial charge in [-0.1, -0.05) is 18.2 Å². The lowest BCUT2D eigenvalue weighted by molar-refractivity contribution is -0.119. The van der Waals surface area contributed by atoms with Crippen LogP contribution in [0.2, 0.25) is 0 Å². The van der Waals surface area contributed by atoms with Crippen molar-refractivity contribution >= 4 is 28.7 Å². The van der Waals surface area contributed by atoms with Crippen molar-refractivity contribution in [1.29, 1.82) is 0 Å². The summed E-state index contributed by atoms with van der Waals surface area (Å²) in [5, 5.41) is 8.17. The molecule has 6 heteroatoms. The summed E-state index contributed by atoms with van der Waals surface area (Å²) in [5.41, 5.74) is 6.41. The van der Waals surface area contributed by atoms with E-state index in [4.69, 9.17) is 4.74 Å². The summed E-state index contributed by atoms with van der Waals surface area (Å²) in [6.45, 7) is 2.12. The first-order valence-corrected chi connectivity index (χ1v) is 7.94. The lowest BCUT2D eigenvalue weighted by Crippen LogP contribution is -2.25. The zero-order chi connectivity index (χ0) is 17.6. The molecule has 0 unspecified atom stereocenters. The number of ether oxygens (including phenoxy) is 1. The van der Waals surface area contributed by atoms with Gasteiger partial charge in [-0.2, -0.15) is 5.10 Å². The number of nitrogens with one attached hydrogen (secondary N) is 3. The second kappa shape index (κ2) is 7.53. The Bertz CT molecular complexity index is 897. The maximum absolute atomic E-state index is 11.9. The molecule has 0 bridgehead atoms. The molecule has 1 aromatic heterocycles. The minimum absolute atomic E-state index is 0.135. The standard InChI is InChI=1S/C19H20N4O2/c1-13-17(16-5-3-4-6-18(16)22-13)11-21-23-19(24)12-20-14-7-9-15(25-2)10-8-14/h3-11,20,22H,12H2,1-2H3,(H,23,24)/b21-11+. The molecule has 3 aromatic rings. The molecule has 0 saturated heterocycles. The van der Waals surface area contributed by atoms with Gasteiger partial charge in [0.25, 0.3) is 5.91 Å². The maximum atomic E-state index is 11.9.